The number of nitrogens with zero attached hydrogens (tertiary/aromatic N) is 2. The maximum atomic E-state index is 11.2. The van der Waals surface area contributed by atoms with Gasteiger partial charge >= 0.3 is 17.9 Å². The number of carboxylic acids is 3. The summed E-state index contributed by atoms with van der Waals surface area (Å²) in [5.74, 6) is -3.27. The van der Waals surface area contributed by atoms with Crippen LogP contribution in [0.1, 0.15) is 25.7 Å². The first-order chi connectivity index (χ1) is 8.93. The van der Waals surface area contributed by atoms with Crippen LogP contribution in [0.5, 0.6) is 0 Å². The maximum Gasteiger partial charge on any atom is 0.322 e. The van der Waals surface area contributed by atoms with E-state index < -0.39 is 36.0 Å². The van der Waals surface area contributed by atoms with E-state index in [-0.39, 0.29) is 12.8 Å². The van der Waals surface area contributed by atoms with E-state index in [0.29, 0.717) is 19.4 Å². The largest absolute Gasteiger partial charge is 0.480 e. The van der Waals surface area contributed by atoms with Crippen molar-refractivity contribution in [1.82, 2.24) is 10.0 Å². The van der Waals surface area contributed by atoms with E-state index in [4.69, 9.17) is 15.3 Å². The first kappa shape index (κ1) is 13.8. The Kier molecular flexibility index (Phi) is 3.72. The molecule has 0 radical (unpaired) electrons. The molecular formula is C11H16N2O6. The highest BCUT2D eigenvalue weighted by molar-refractivity contribution is 5.79. The fourth-order valence-corrected chi connectivity index (χ4v) is 2.91. The van der Waals surface area contributed by atoms with E-state index in [1.807, 2.05) is 0 Å². The number of hydrogen-bond donors (Lipinski definition) is 3. The van der Waals surface area contributed by atoms with Gasteiger partial charge in [0.05, 0.1) is 0 Å². The monoisotopic (exact) mass is 272 g/mol. The van der Waals surface area contributed by atoms with Crippen LogP contribution >= 0.6 is 0 Å². The summed E-state index contributed by atoms with van der Waals surface area (Å²) in [5, 5.41) is 30.1. The number of hydrogen-bond acceptors (Lipinski definition) is 5. The van der Waals surface area contributed by atoms with Crippen LogP contribution in [0.15, 0.2) is 0 Å². The summed E-state index contributed by atoms with van der Waals surface area (Å²) in [7, 11) is 0. The Morgan fingerprint density at radius 2 is 1.26 bits per heavy atom. The quantitative estimate of drug-likeness (QED) is 0.624. The Morgan fingerprint density at radius 3 is 1.68 bits per heavy atom. The second-order valence-corrected chi connectivity index (χ2v) is 4.82. The van der Waals surface area contributed by atoms with Crippen molar-refractivity contribution in [3.8, 4) is 0 Å². The van der Waals surface area contributed by atoms with Gasteiger partial charge in [0.15, 0.2) is 0 Å². The van der Waals surface area contributed by atoms with Crippen LogP contribution in [-0.2, 0) is 14.4 Å². The van der Waals surface area contributed by atoms with Crippen LogP contribution < -0.4 is 0 Å². The Bertz CT molecular complexity index is 390. The van der Waals surface area contributed by atoms with Crippen molar-refractivity contribution in [2.24, 2.45) is 0 Å². The van der Waals surface area contributed by atoms with Gasteiger partial charge in [0, 0.05) is 6.54 Å². The van der Waals surface area contributed by atoms with Crippen LogP contribution in [-0.4, -0.2) is 67.9 Å². The van der Waals surface area contributed by atoms with Crippen LogP contribution in [0.3, 0.4) is 0 Å². The molecule has 0 aromatic heterocycles. The molecule has 2 aliphatic rings. The number of hydrazine groups is 1. The molecule has 3 atom stereocenters. The van der Waals surface area contributed by atoms with Crippen molar-refractivity contribution in [3.63, 3.8) is 0 Å². The van der Waals surface area contributed by atoms with Gasteiger partial charge in [0.2, 0.25) is 0 Å². The van der Waals surface area contributed by atoms with Gasteiger partial charge in [-0.2, -0.15) is 0 Å². The highest BCUT2D eigenvalue weighted by Gasteiger charge is 2.48. The van der Waals surface area contributed by atoms with Gasteiger partial charge in [0.25, 0.3) is 0 Å². The van der Waals surface area contributed by atoms with E-state index in [0.717, 1.165) is 0 Å². The number of aliphatic carboxylic acids is 3. The molecule has 0 saturated carbocycles. The highest BCUT2D eigenvalue weighted by atomic mass is 16.4. The minimum atomic E-state index is -1.11. The van der Waals surface area contributed by atoms with Gasteiger partial charge in [-0.05, 0) is 25.7 Å². The Hall–Kier alpha value is -1.67. The Balaban J connectivity index is 2.28. The van der Waals surface area contributed by atoms with Gasteiger partial charge in [-0.3, -0.25) is 14.4 Å². The molecule has 19 heavy (non-hydrogen) atoms. The zero-order valence-corrected chi connectivity index (χ0v) is 10.2. The molecule has 106 valence electrons. The lowest BCUT2D eigenvalue weighted by Gasteiger charge is -2.36. The second-order valence-electron chi connectivity index (χ2n) is 4.82. The first-order valence-electron chi connectivity index (χ1n) is 6.16. The molecule has 0 bridgehead atoms. The van der Waals surface area contributed by atoms with Crippen LogP contribution in [0.25, 0.3) is 0 Å². The minimum Gasteiger partial charge on any atom is -0.480 e. The predicted octanol–water partition coefficient (Wildman–Crippen LogP) is -0.547. The van der Waals surface area contributed by atoms with Gasteiger partial charge < -0.3 is 15.3 Å². The highest BCUT2D eigenvalue weighted by Crippen LogP contribution is 2.31. The predicted molar refractivity (Wildman–Crippen MR) is 61.3 cm³/mol. The smallest absolute Gasteiger partial charge is 0.322 e. The molecule has 2 saturated heterocycles. The average Bonchev–Trinajstić information content (AvgIpc) is 2.94. The van der Waals surface area contributed by atoms with Crippen molar-refractivity contribution in [1.29, 1.82) is 0 Å². The molecule has 8 heteroatoms. The lowest BCUT2D eigenvalue weighted by Crippen LogP contribution is -2.57. The summed E-state index contributed by atoms with van der Waals surface area (Å²) in [6.07, 6.45) is 1.46. The second kappa shape index (κ2) is 5.14. The van der Waals surface area contributed by atoms with Crippen molar-refractivity contribution in [3.05, 3.63) is 0 Å². The van der Waals surface area contributed by atoms with E-state index >= 15 is 0 Å². The topological polar surface area (TPSA) is 118 Å². The van der Waals surface area contributed by atoms with Gasteiger partial charge in [-0.1, -0.05) is 0 Å². The Labute approximate surface area is 109 Å². The first-order valence-corrected chi connectivity index (χ1v) is 6.16. The standard InChI is InChI=1S/C11H16N2O6/c14-9(15)6-2-1-5-12(6)13-7(10(16)17)3-4-8(13)11(18)19/h6-8H,1-5H2,(H,14,15)(H,16,17)(H,18,19)/t6-,7+,8?/m1/s1. The normalized spacial score (nSPS) is 32.5. The lowest BCUT2D eigenvalue weighted by molar-refractivity contribution is -0.171. The molecule has 0 spiro atoms. The summed E-state index contributed by atoms with van der Waals surface area (Å²) in [6.45, 7) is 0.379. The van der Waals surface area contributed by atoms with Gasteiger partial charge in [0.1, 0.15) is 18.1 Å². The molecule has 0 aliphatic carbocycles. The van der Waals surface area contributed by atoms with E-state index in [1.165, 1.54) is 10.0 Å². The van der Waals surface area contributed by atoms with E-state index in [2.05, 4.69) is 0 Å². The summed E-state index contributed by atoms with van der Waals surface area (Å²) < 4.78 is 0. The van der Waals surface area contributed by atoms with Crippen molar-refractivity contribution in [2.45, 2.75) is 43.8 Å². The van der Waals surface area contributed by atoms with Gasteiger partial charge in [-0.15, -0.1) is 0 Å². The zero-order valence-electron chi connectivity index (χ0n) is 10.2. The van der Waals surface area contributed by atoms with Crippen molar-refractivity contribution < 1.29 is 29.7 Å². The summed E-state index contributed by atoms with van der Waals surface area (Å²) >= 11 is 0. The number of rotatable bonds is 4. The molecule has 0 amide bonds. The molecular weight excluding hydrogens is 256 g/mol. The Morgan fingerprint density at radius 1 is 0.789 bits per heavy atom. The average molecular weight is 272 g/mol. The molecule has 2 fully saturated rings. The summed E-state index contributed by atoms with van der Waals surface area (Å²) in [4.78, 5) is 33.6. The third kappa shape index (κ3) is 2.41. The van der Waals surface area contributed by atoms with Crippen LogP contribution in [0, 0.1) is 0 Å². The van der Waals surface area contributed by atoms with Gasteiger partial charge in [-0.25, -0.2) is 10.0 Å². The van der Waals surface area contributed by atoms with Crippen LogP contribution in [0.4, 0.5) is 0 Å². The molecule has 2 rings (SSSR count). The maximum absolute atomic E-state index is 11.2. The number of carbonyl (C=O) groups is 3. The van der Waals surface area contributed by atoms with Crippen molar-refractivity contribution in [2.75, 3.05) is 6.54 Å². The fraction of sp³-hybridized carbons (Fsp3) is 0.727. The number of carboxylic acid groups (broad SMARTS) is 3. The third-order valence-corrected chi connectivity index (χ3v) is 3.73. The SMILES string of the molecule is O=C(O)C1CC[C@@H](C(=O)O)N1N1CCC[C@@H]1C(=O)O. The van der Waals surface area contributed by atoms with Crippen molar-refractivity contribution >= 4 is 17.9 Å². The molecule has 8 nitrogen and oxygen atoms in total. The van der Waals surface area contributed by atoms with Crippen LogP contribution in [0.2, 0.25) is 0 Å². The molecule has 0 aromatic carbocycles. The third-order valence-electron chi connectivity index (χ3n) is 3.73. The summed E-state index contributed by atoms with van der Waals surface area (Å²) in [6, 6.07) is -2.75. The molecule has 3 N–H and O–H groups in total. The molecule has 1 unspecified atom stereocenters. The van der Waals surface area contributed by atoms with E-state index in [9.17, 15) is 14.4 Å². The fourth-order valence-electron chi connectivity index (χ4n) is 2.91. The van der Waals surface area contributed by atoms with E-state index in [1.54, 1.807) is 0 Å². The zero-order chi connectivity index (χ0) is 14.2. The summed E-state index contributed by atoms with van der Waals surface area (Å²) in [5.41, 5.74) is 0. The lowest BCUT2D eigenvalue weighted by atomic mass is 10.2. The molecule has 2 aliphatic heterocycles. The molecule has 2 heterocycles. The molecule has 0 aromatic rings. The minimum absolute atomic E-state index is 0.217.